The van der Waals surface area contributed by atoms with Crippen molar-refractivity contribution in [2.75, 3.05) is 13.1 Å². The third-order valence-electron chi connectivity index (χ3n) is 2.99. The zero-order valence-corrected chi connectivity index (χ0v) is 10.3. The number of carbonyl (C=O) groups is 1. The van der Waals surface area contributed by atoms with E-state index in [1.807, 2.05) is 18.5 Å². The standard InChI is InChI=1S/C11H19N5O/c1-8(11-15-14-7-16(11)2)12-6-10(17)13-5-9-3-4-9/h7-9,12H,3-6H2,1-2H3,(H,13,17). The van der Waals surface area contributed by atoms with Gasteiger partial charge in [0.05, 0.1) is 12.6 Å². The summed E-state index contributed by atoms with van der Waals surface area (Å²) in [6, 6.07) is 0.0224. The monoisotopic (exact) mass is 237 g/mol. The van der Waals surface area contributed by atoms with Gasteiger partial charge in [-0.05, 0) is 25.7 Å². The van der Waals surface area contributed by atoms with Gasteiger partial charge in [0.2, 0.25) is 5.91 Å². The third kappa shape index (κ3) is 3.52. The van der Waals surface area contributed by atoms with E-state index in [0.29, 0.717) is 6.54 Å². The fourth-order valence-corrected chi connectivity index (χ4v) is 1.66. The smallest absolute Gasteiger partial charge is 0.233 e. The predicted octanol–water partition coefficient (Wildman–Crippen LogP) is -0.00810. The Morgan fingerprint density at radius 2 is 2.41 bits per heavy atom. The minimum absolute atomic E-state index is 0.0224. The van der Waals surface area contributed by atoms with Gasteiger partial charge in [0, 0.05) is 13.6 Å². The van der Waals surface area contributed by atoms with Crippen molar-refractivity contribution < 1.29 is 4.79 Å². The first-order valence-electron chi connectivity index (χ1n) is 6.01. The minimum Gasteiger partial charge on any atom is -0.355 e. The summed E-state index contributed by atoms with van der Waals surface area (Å²) in [5.41, 5.74) is 0. The lowest BCUT2D eigenvalue weighted by molar-refractivity contribution is -0.120. The maximum absolute atomic E-state index is 11.5. The molecule has 0 radical (unpaired) electrons. The van der Waals surface area contributed by atoms with Gasteiger partial charge < -0.3 is 9.88 Å². The second-order valence-corrected chi connectivity index (χ2v) is 4.65. The summed E-state index contributed by atoms with van der Waals surface area (Å²) in [7, 11) is 1.89. The molecule has 1 atom stereocenters. The number of rotatable bonds is 6. The molecule has 0 aliphatic heterocycles. The van der Waals surface area contributed by atoms with Gasteiger partial charge >= 0.3 is 0 Å². The molecular formula is C11H19N5O. The maximum Gasteiger partial charge on any atom is 0.233 e. The van der Waals surface area contributed by atoms with Crippen LogP contribution in [0.1, 0.15) is 31.6 Å². The van der Waals surface area contributed by atoms with Crippen molar-refractivity contribution in [2.45, 2.75) is 25.8 Å². The lowest BCUT2D eigenvalue weighted by Crippen LogP contribution is -2.36. The fourth-order valence-electron chi connectivity index (χ4n) is 1.66. The van der Waals surface area contributed by atoms with Crippen LogP contribution in [-0.2, 0) is 11.8 Å². The Bertz CT molecular complexity index is 385. The molecule has 1 unspecified atom stereocenters. The van der Waals surface area contributed by atoms with Crippen LogP contribution >= 0.6 is 0 Å². The first kappa shape index (κ1) is 12.0. The van der Waals surface area contributed by atoms with Crippen molar-refractivity contribution in [1.29, 1.82) is 0 Å². The number of aryl methyl sites for hydroxylation is 1. The van der Waals surface area contributed by atoms with Crippen LogP contribution in [0.3, 0.4) is 0 Å². The van der Waals surface area contributed by atoms with E-state index < -0.39 is 0 Å². The van der Waals surface area contributed by atoms with Crippen LogP contribution in [0.4, 0.5) is 0 Å². The van der Waals surface area contributed by atoms with E-state index in [1.165, 1.54) is 12.8 Å². The summed E-state index contributed by atoms with van der Waals surface area (Å²) in [4.78, 5) is 11.5. The zero-order valence-electron chi connectivity index (χ0n) is 10.3. The van der Waals surface area contributed by atoms with Crippen LogP contribution in [0.5, 0.6) is 0 Å². The normalized spacial score (nSPS) is 16.8. The van der Waals surface area contributed by atoms with Gasteiger partial charge in [-0.2, -0.15) is 0 Å². The van der Waals surface area contributed by atoms with E-state index in [1.54, 1.807) is 6.33 Å². The van der Waals surface area contributed by atoms with Crippen molar-refractivity contribution in [2.24, 2.45) is 13.0 Å². The minimum atomic E-state index is 0.0224. The van der Waals surface area contributed by atoms with Gasteiger partial charge in [0.25, 0.3) is 0 Å². The second kappa shape index (κ2) is 5.27. The molecule has 6 heteroatoms. The Hall–Kier alpha value is -1.43. The molecule has 1 aromatic rings. The SMILES string of the molecule is CC(NCC(=O)NCC1CC1)c1nncn1C. The third-order valence-corrected chi connectivity index (χ3v) is 2.99. The lowest BCUT2D eigenvalue weighted by Gasteiger charge is -2.12. The molecule has 0 aromatic carbocycles. The Kier molecular flexibility index (Phi) is 3.73. The number of nitrogens with one attached hydrogen (secondary N) is 2. The highest BCUT2D eigenvalue weighted by atomic mass is 16.1. The molecule has 2 N–H and O–H groups in total. The molecule has 1 amide bonds. The molecule has 1 aliphatic rings. The highest BCUT2D eigenvalue weighted by Gasteiger charge is 2.21. The van der Waals surface area contributed by atoms with Gasteiger partial charge in [0.15, 0.2) is 0 Å². The molecule has 0 saturated heterocycles. The second-order valence-electron chi connectivity index (χ2n) is 4.65. The number of amides is 1. The van der Waals surface area contributed by atoms with E-state index in [0.717, 1.165) is 18.3 Å². The molecular weight excluding hydrogens is 218 g/mol. The van der Waals surface area contributed by atoms with E-state index in [-0.39, 0.29) is 11.9 Å². The van der Waals surface area contributed by atoms with Crippen LogP contribution in [0, 0.1) is 5.92 Å². The largest absolute Gasteiger partial charge is 0.355 e. The van der Waals surface area contributed by atoms with Crippen molar-refractivity contribution in [3.05, 3.63) is 12.2 Å². The Morgan fingerprint density at radius 3 is 3.00 bits per heavy atom. The topological polar surface area (TPSA) is 71.8 Å². The number of hydrogen-bond acceptors (Lipinski definition) is 4. The van der Waals surface area contributed by atoms with Crippen molar-refractivity contribution in [3.8, 4) is 0 Å². The molecule has 0 bridgehead atoms. The molecule has 1 aromatic heterocycles. The molecule has 1 heterocycles. The van der Waals surface area contributed by atoms with Crippen LogP contribution < -0.4 is 10.6 Å². The van der Waals surface area contributed by atoms with Crippen molar-refractivity contribution in [3.63, 3.8) is 0 Å². The summed E-state index contributed by atoms with van der Waals surface area (Å²) in [6.45, 7) is 3.11. The van der Waals surface area contributed by atoms with Crippen LogP contribution in [0.2, 0.25) is 0 Å². The van der Waals surface area contributed by atoms with Gasteiger partial charge in [0.1, 0.15) is 12.2 Å². The first-order chi connectivity index (χ1) is 8.16. The van der Waals surface area contributed by atoms with Crippen LogP contribution in [-0.4, -0.2) is 33.8 Å². The average Bonchev–Trinajstić information content (AvgIpc) is 3.05. The molecule has 17 heavy (non-hydrogen) atoms. The summed E-state index contributed by atoms with van der Waals surface area (Å²) in [5.74, 6) is 1.60. The predicted molar refractivity (Wildman–Crippen MR) is 63.2 cm³/mol. The van der Waals surface area contributed by atoms with E-state index in [2.05, 4.69) is 20.8 Å². The van der Waals surface area contributed by atoms with E-state index in [9.17, 15) is 4.79 Å². The number of aromatic nitrogens is 3. The highest BCUT2D eigenvalue weighted by molar-refractivity contribution is 5.78. The van der Waals surface area contributed by atoms with Gasteiger partial charge in [-0.25, -0.2) is 0 Å². The van der Waals surface area contributed by atoms with Crippen LogP contribution in [0.25, 0.3) is 0 Å². The highest BCUT2D eigenvalue weighted by Crippen LogP contribution is 2.27. The number of hydrogen-bond donors (Lipinski definition) is 2. The van der Waals surface area contributed by atoms with E-state index >= 15 is 0 Å². The zero-order chi connectivity index (χ0) is 12.3. The maximum atomic E-state index is 11.5. The first-order valence-corrected chi connectivity index (χ1v) is 6.01. The average molecular weight is 237 g/mol. The molecule has 1 aliphatic carbocycles. The van der Waals surface area contributed by atoms with Gasteiger partial charge in [-0.1, -0.05) is 0 Å². The molecule has 94 valence electrons. The summed E-state index contributed by atoms with van der Waals surface area (Å²) >= 11 is 0. The Morgan fingerprint density at radius 1 is 1.65 bits per heavy atom. The summed E-state index contributed by atoms with van der Waals surface area (Å²) in [5, 5.41) is 13.9. The molecule has 2 rings (SSSR count). The Labute approximate surface area is 101 Å². The molecule has 1 saturated carbocycles. The summed E-state index contributed by atoms with van der Waals surface area (Å²) in [6.07, 6.45) is 4.16. The lowest BCUT2D eigenvalue weighted by atomic mass is 10.3. The van der Waals surface area contributed by atoms with Gasteiger partial charge in [-0.3, -0.25) is 10.1 Å². The van der Waals surface area contributed by atoms with Crippen molar-refractivity contribution in [1.82, 2.24) is 25.4 Å². The fraction of sp³-hybridized carbons (Fsp3) is 0.727. The van der Waals surface area contributed by atoms with E-state index in [4.69, 9.17) is 0 Å². The molecule has 1 fully saturated rings. The van der Waals surface area contributed by atoms with Gasteiger partial charge in [-0.15, -0.1) is 10.2 Å². The Balaban J connectivity index is 1.69. The summed E-state index contributed by atoms with van der Waals surface area (Å²) < 4.78 is 1.85. The molecule has 6 nitrogen and oxygen atoms in total. The number of nitrogens with zero attached hydrogens (tertiary/aromatic N) is 3. The van der Waals surface area contributed by atoms with Crippen LogP contribution in [0.15, 0.2) is 6.33 Å². The molecule has 0 spiro atoms. The number of carbonyl (C=O) groups excluding carboxylic acids is 1. The van der Waals surface area contributed by atoms with Crippen molar-refractivity contribution >= 4 is 5.91 Å². The quantitative estimate of drug-likeness (QED) is 0.730.